The lowest BCUT2D eigenvalue weighted by molar-refractivity contribution is 0.413. The summed E-state index contributed by atoms with van der Waals surface area (Å²) in [6.45, 7) is 2.04. The van der Waals surface area contributed by atoms with Crippen LogP contribution in [0.2, 0.25) is 0 Å². The van der Waals surface area contributed by atoms with E-state index in [1.165, 1.54) is 0 Å². The first-order chi connectivity index (χ1) is 7.29. The maximum Gasteiger partial charge on any atom is 0.140 e. The molecule has 0 bridgehead atoms. The Kier molecular flexibility index (Phi) is 2.92. The van der Waals surface area contributed by atoms with Crippen molar-refractivity contribution in [1.82, 2.24) is 0 Å². The Labute approximate surface area is 93.1 Å². The molecule has 0 aliphatic carbocycles. The zero-order valence-electron chi connectivity index (χ0n) is 8.69. The topological polar surface area (TPSA) is 18.5 Å². The number of hydrogen-bond acceptors (Lipinski definition) is 3. The van der Waals surface area contributed by atoms with Crippen LogP contribution in [-0.2, 0) is 0 Å². The van der Waals surface area contributed by atoms with Gasteiger partial charge in [-0.25, -0.2) is 0 Å². The summed E-state index contributed by atoms with van der Waals surface area (Å²) in [6, 6.07) is 7.57. The highest BCUT2D eigenvalue weighted by Crippen LogP contribution is 2.28. The maximum absolute atomic E-state index is 5.70. The summed E-state index contributed by atoms with van der Waals surface area (Å²) in [5, 5.41) is 4.07. The van der Waals surface area contributed by atoms with E-state index in [1.54, 1.807) is 18.4 Å². The first-order valence-corrected chi connectivity index (χ1v) is 5.58. The van der Waals surface area contributed by atoms with Crippen molar-refractivity contribution in [3.63, 3.8) is 0 Å². The van der Waals surface area contributed by atoms with Gasteiger partial charge in [-0.3, -0.25) is 0 Å². The number of benzene rings is 1. The normalized spacial score (nSPS) is 10.0. The van der Waals surface area contributed by atoms with Crippen molar-refractivity contribution in [3.05, 3.63) is 40.6 Å². The number of hydrogen-bond donors (Lipinski definition) is 0. The monoisotopic (exact) mass is 220 g/mol. The third-order valence-electron chi connectivity index (χ3n) is 2.10. The van der Waals surface area contributed by atoms with Gasteiger partial charge >= 0.3 is 0 Å². The second kappa shape index (κ2) is 4.36. The Morgan fingerprint density at radius 3 is 2.20 bits per heavy atom. The van der Waals surface area contributed by atoms with Gasteiger partial charge in [0, 0.05) is 10.9 Å². The van der Waals surface area contributed by atoms with Gasteiger partial charge in [0.05, 0.1) is 7.11 Å². The van der Waals surface area contributed by atoms with Crippen molar-refractivity contribution < 1.29 is 9.47 Å². The van der Waals surface area contributed by atoms with E-state index in [-0.39, 0.29) is 0 Å². The zero-order chi connectivity index (χ0) is 10.7. The van der Waals surface area contributed by atoms with Gasteiger partial charge in [-0.2, -0.15) is 0 Å². The van der Waals surface area contributed by atoms with Crippen molar-refractivity contribution in [2.45, 2.75) is 6.92 Å². The van der Waals surface area contributed by atoms with E-state index in [0.29, 0.717) is 0 Å². The molecule has 1 aromatic carbocycles. The first kappa shape index (κ1) is 10.1. The van der Waals surface area contributed by atoms with E-state index in [9.17, 15) is 0 Å². The highest BCUT2D eigenvalue weighted by molar-refractivity contribution is 7.08. The average Bonchev–Trinajstić information content (AvgIpc) is 2.66. The van der Waals surface area contributed by atoms with Crippen LogP contribution in [0.4, 0.5) is 0 Å². The second-order valence-corrected chi connectivity index (χ2v) is 3.94. The second-order valence-electron chi connectivity index (χ2n) is 3.20. The predicted molar refractivity (Wildman–Crippen MR) is 62.1 cm³/mol. The van der Waals surface area contributed by atoms with Gasteiger partial charge in [0.15, 0.2) is 0 Å². The van der Waals surface area contributed by atoms with Crippen LogP contribution in [-0.4, -0.2) is 7.11 Å². The standard InChI is InChI=1S/C12H12O2S/c1-9-7-15-8-12(9)14-11-5-3-10(13-2)4-6-11/h3-8H,1-2H3. The van der Waals surface area contributed by atoms with Gasteiger partial charge in [0.25, 0.3) is 0 Å². The summed E-state index contributed by atoms with van der Waals surface area (Å²) in [7, 11) is 1.65. The van der Waals surface area contributed by atoms with E-state index in [2.05, 4.69) is 5.38 Å². The van der Waals surface area contributed by atoms with Gasteiger partial charge in [0.2, 0.25) is 0 Å². The minimum absolute atomic E-state index is 0.831. The fourth-order valence-electron chi connectivity index (χ4n) is 1.22. The molecule has 0 saturated heterocycles. The molecule has 3 heteroatoms. The average molecular weight is 220 g/mol. The van der Waals surface area contributed by atoms with Crippen LogP contribution in [0.5, 0.6) is 17.2 Å². The van der Waals surface area contributed by atoms with E-state index in [0.717, 1.165) is 22.8 Å². The fourth-order valence-corrected chi connectivity index (χ4v) is 1.97. The predicted octanol–water partition coefficient (Wildman–Crippen LogP) is 3.86. The Hall–Kier alpha value is -1.48. The van der Waals surface area contributed by atoms with E-state index >= 15 is 0 Å². The molecule has 0 aliphatic rings. The van der Waals surface area contributed by atoms with Gasteiger partial charge < -0.3 is 9.47 Å². The molecule has 2 nitrogen and oxygen atoms in total. The van der Waals surface area contributed by atoms with Crippen LogP contribution in [0.3, 0.4) is 0 Å². The molecule has 0 aliphatic heterocycles. The fraction of sp³-hybridized carbons (Fsp3) is 0.167. The van der Waals surface area contributed by atoms with Crippen LogP contribution >= 0.6 is 11.3 Å². The molecule has 1 aromatic heterocycles. The summed E-state index contributed by atoms with van der Waals surface area (Å²) < 4.78 is 10.8. The molecular formula is C12H12O2S. The Bertz CT molecular complexity index is 431. The lowest BCUT2D eigenvalue weighted by Gasteiger charge is -2.05. The lowest BCUT2D eigenvalue weighted by atomic mass is 10.3. The molecule has 15 heavy (non-hydrogen) atoms. The first-order valence-electron chi connectivity index (χ1n) is 4.64. The van der Waals surface area contributed by atoms with Crippen molar-refractivity contribution in [3.8, 4) is 17.2 Å². The van der Waals surface area contributed by atoms with E-state index < -0.39 is 0 Å². The van der Waals surface area contributed by atoms with Crippen molar-refractivity contribution >= 4 is 11.3 Å². The molecule has 2 aromatic rings. The summed E-state index contributed by atoms with van der Waals surface area (Å²) in [4.78, 5) is 0. The van der Waals surface area contributed by atoms with Gasteiger partial charge in [-0.05, 0) is 36.6 Å². The largest absolute Gasteiger partial charge is 0.497 e. The Morgan fingerprint density at radius 2 is 1.67 bits per heavy atom. The highest BCUT2D eigenvalue weighted by Gasteiger charge is 2.01. The molecule has 0 atom stereocenters. The number of rotatable bonds is 3. The molecule has 78 valence electrons. The van der Waals surface area contributed by atoms with Gasteiger partial charge in [-0.1, -0.05) is 0 Å². The third kappa shape index (κ3) is 2.30. The Morgan fingerprint density at radius 1 is 1.00 bits per heavy atom. The van der Waals surface area contributed by atoms with Crippen LogP contribution in [0.15, 0.2) is 35.0 Å². The summed E-state index contributed by atoms with van der Waals surface area (Å²) in [5.41, 5.74) is 1.16. The summed E-state index contributed by atoms with van der Waals surface area (Å²) in [5.74, 6) is 2.59. The maximum atomic E-state index is 5.70. The molecule has 0 saturated carbocycles. The highest BCUT2D eigenvalue weighted by atomic mass is 32.1. The van der Waals surface area contributed by atoms with Crippen LogP contribution in [0, 0.1) is 6.92 Å². The molecule has 0 spiro atoms. The van der Waals surface area contributed by atoms with E-state index in [1.807, 2.05) is 36.6 Å². The molecule has 2 rings (SSSR count). The number of thiophene rings is 1. The summed E-state index contributed by atoms with van der Waals surface area (Å²) in [6.07, 6.45) is 0. The molecule has 0 amide bonds. The molecule has 0 N–H and O–H groups in total. The molecule has 0 fully saturated rings. The number of ether oxygens (including phenoxy) is 2. The lowest BCUT2D eigenvalue weighted by Crippen LogP contribution is -1.85. The van der Waals surface area contributed by atoms with E-state index in [4.69, 9.17) is 9.47 Å². The van der Waals surface area contributed by atoms with Gasteiger partial charge in [0.1, 0.15) is 17.2 Å². The molecule has 0 radical (unpaired) electrons. The minimum Gasteiger partial charge on any atom is -0.497 e. The van der Waals surface area contributed by atoms with Gasteiger partial charge in [-0.15, -0.1) is 11.3 Å². The molecule has 1 heterocycles. The van der Waals surface area contributed by atoms with Crippen LogP contribution < -0.4 is 9.47 Å². The number of methoxy groups -OCH3 is 1. The van der Waals surface area contributed by atoms with Crippen LogP contribution in [0.25, 0.3) is 0 Å². The molecule has 0 unspecified atom stereocenters. The quantitative estimate of drug-likeness (QED) is 0.782. The van der Waals surface area contributed by atoms with Crippen LogP contribution in [0.1, 0.15) is 5.56 Å². The third-order valence-corrected chi connectivity index (χ3v) is 2.94. The minimum atomic E-state index is 0.831. The van der Waals surface area contributed by atoms with Crippen molar-refractivity contribution in [1.29, 1.82) is 0 Å². The Balaban J connectivity index is 2.14. The summed E-state index contributed by atoms with van der Waals surface area (Å²) >= 11 is 1.64. The molecular weight excluding hydrogens is 208 g/mol. The zero-order valence-corrected chi connectivity index (χ0v) is 9.51. The number of aryl methyl sites for hydroxylation is 1. The van der Waals surface area contributed by atoms with Crippen molar-refractivity contribution in [2.24, 2.45) is 0 Å². The SMILES string of the molecule is COc1ccc(Oc2cscc2C)cc1. The smallest absolute Gasteiger partial charge is 0.140 e. The van der Waals surface area contributed by atoms with Crippen molar-refractivity contribution in [2.75, 3.05) is 7.11 Å².